The Labute approximate surface area is 135 Å². The van der Waals surface area contributed by atoms with Gasteiger partial charge in [-0.3, -0.25) is 4.79 Å². The molecule has 22 heavy (non-hydrogen) atoms. The first kappa shape index (κ1) is 19.4. The van der Waals surface area contributed by atoms with Crippen molar-refractivity contribution in [3.8, 4) is 0 Å². The molecule has 1 aliphatic heterocycles. The van der Waals surface area contributed by atoms with E-state index in [-0.39, 0.29) is 11.3 Å². The molecule has 130 valence electrons. The Kier molecular flexibility index (Phi) is 6.07. The number of hydrogen-bond donors (Lipinski definition) is 1. The van der Waals surface area contributed by atoms with E-state index in [1.165, 1.54) is 6.26 Å². The molecule has 0 aromatic rings. The second kappa shape index (κ2) is 6.87. The summed E-state index contributed by atoms with van der Waals surface area (Å²) in [6, 6.07) is 0.291. The van der Waals surface area contributed by atoms with Gasteiger partial charge in [0.2, 0.25) is 5.91 Å². The van der Waals surface area contributed by atoms with E-state index in [1.54, 1.807) is 13.8 Å². The highest BCUT2D eigenvalue weighted by molar-refractivity contribution is 7.92. The summed E-state index contributed by atoms with van der Waals surface area (Å²) in [4.78, 5) is 14.1. The monoisotopic (exact) mass is 332 g/mol. The second-order valence-corrected chi connectivity index (χ2v) is 11.0. The summed E-state index contributed by atoms with van der Waals surface area (Å²) in [6.45, 7) is 11.7. The van der Waals surface area contributed by atoms with Gasteiger partial charge in [0.25, 0.3) is 0 Å². The van der Waals surface area contributed by atoms with Crippen molar-refractivity contribution in [2.75, 3.05) is 25.9 Å². The van der Waals surface area contributed by atoms with Crippen molar-refractivity contribution in [3.63, 3.8) is 0 Å². The first-order valence-electron chi connectivity index (χ1n) is 8.03. The highest BCUT2D eigenvalue weighted by Crippen LogP contribution is 2.22. The first-order chi connectivity index (χ1) is 9.82. The van der Waals surface area contributed by atoms with Crippen LogP contribution in [-0.4, -0.2) is 55.9 Å². The molecule has 1 amide bonds. The van der Waals surface area contributed by atoms with E-state index < -0.39 is 14.6 Å². The van der Waals surface area contributed by atoms with Gasteiger partial charge in [-0.2, -0.15) is 0 Å². The lowest BCUT2D eigenvalue weighted by Crippen LogP contribution is -2.50. The minimum atomic E-state index is -3.07. The van der Waals surface area contributed by atoms with Crippen molar-refractivity contribution in [1.29, 1.82) is 0 Å². The van der Waals surface area contributed by atoms with E-state index in [1.807, 2.05) is 4.90 Å². The zero-order valence-electron chi connectivity index (χ0n) is 14.9. The van der Waals surface area contributed by atoms with Crippen molar-refractivity contribution < 1.29 is 13.2 Å². The fourth-order valence-electron chi connectivity index (χ4n) is 2.42. The van der Waals surface area contributed by atoms with Gasteiger partial charge in [0, 0.05) is 38.4 Å². The zero-order valence-corrected chi connectivity index (χ0v) is 15.7. The Morgan fingerprint density at radius 2 is 1.64 bits per heavy atom. The minimum absolute atomic E-state index is 0.0195. The Bertz CT molecular complexity index is 484. The summed E-state index contributed by atoms with van der Waals surface area (Å²) in [5.41, 5.74) is 0.0195. The van der Waals surface area contributed by atoms with Gasteiger partial charge < -0.3 is 10.2 Å². The Balaban J connectivity index is 2.42. The lowest BCUT2D eigenvalue weighted by Gasteiger charge is -2.35. The summed E-state index contributed by atoms with van der Waals surface area (Å²) in [5.74, 6) is 0.224. The van der Waals surface area contributed by atoms with Crippen LogP contribution < -0.4 is 5.32 Å². The van der Waals surface area contributed by atoms with Gasteiger partial charge in [-0.1, -0.05) is 20.8 Å². The van der Waals surface area contributed by atoms with Gasteiger partial charge in [0.15, 0.2) is 9.84 Å². The smallest absolute Gasteiger partial charge is 0.223 e. The zero-order chi connectivity index (χ0) is 17.2. The maximum absolute atomic E-state index is 12.2. The number of piperidine rings is 1. The van der Waals surface area contributed by atoms with Crippen molar-refractivity contribution in [3.05, 3.63) is 0 Å². The molecule has 0 aliphatic carbocycles. The molecular formula is C16H32N2O3S. The Hall–Kier alpha value is -0.620. The number of likely N-dealkylation sites (tertiary alicyclic amines) is 1. The van der Waals surface area contributed by atoms with Crippen LogP contribution in [0.3, 0.4) is 0 Å². The topological polar surface area (TPSA) is 66.5 Å². The molecule has 0 bridgehead atoms. The fourth-order valence-corrected chi connectivity index (χ4v) is 2.77. The number of amides is 1. The number of nitrogens with zero attached hydrogens (tertiary/aromatic N) is 1. The normalized spacial score (nSPS) is 18.5. The van der Waals surface area contributed by atoms with Crippen LogP contribution in [0, 0.1) is 5.41 Å². The Morgan fingerprint density at radius 1 is 1.14 bits per heavy atom. The summed E-state index contributed by atoms with van der Waals surface area (Å²) in [5, 5.41) is 3.36. The van der Waals surface area contributed by atoms with Gasteiger partial charge in [-0.05, 0) is 32.1 Å². The Morgan fingerprint density at radius 3 is 2.05 bits per heavy atom. The highest BCUT2D eigenvalue weighted by Gasteiger charge is 2.32. The molecule has 0 aromatic heterocycles. The van der Waals surface area contributed by atoms with Gasteiger partial charge in [-0.25, -0.2) is 8.42 Å². The molecule has 6 heteroatoms. The van der Waals surface area contributed by atoms with Gasteiger partial charge in [0.05, 0.1) is 4.75 Å². The summed E-state index contributed by atoms with van der Waals surface area (Å²) >= 11 is 0. The molecule has 0 atom stereocenters. The molecule has 0 aromatic carbocycles. The molecule has 1 aliphatic rings. The highest BCUT2D eigenvalue weighted by atomic mass is 32.2. The number of rotatable bonds is 5. The second-order valence-electron chi connectivity index (χ2n) is 8.31. The maximum atomic E-state index is 12.2. The molecule has 1 rings (SSSR count). The van der Waals surface area contributed by atoms with Gasteiger partial charge >= 0.3 is 0 Å². The average Bonchev–Trinajstić information content (AvgIpc) is 2.33. The van der Waals surface area contributed by atoms with Crippen molar-refractivity contribution in [1.82, 2.24) is 10.2 Å². The molecule has 1 heterocycles. The molecular weight excluding hydrogens is 300 g/mol. The summed E-state index contributed by atoms with van der Waals surface area (Å²) in [6.07, 6.45) is 3.63. The van der Waals surface area contributed by atoms with Crippen LogP contribution in [0.15, 0.2) is 0 Å². The van der Waals surface area contributed by atoms with E-state index >= 15 is 0 Å². The minimum Gasteiger partial charge on any atom is -0.343 e. The average molecular weight is 333 g/mol. The van der Waals surface area contributed by atoms with Crippen LogP contribution in [0.25, 0.3) is 0 Å². The molecule has 0 saturated carbocycles. The molecule has 0 radical (unpaired) electrons. The van der Waals surface area contributed by atoms with Crippen LogP contribution in [0.5, 0.6) is 0 Å². The van der Waals surface area contributed by atoms with Crippen LogP contribution in [-0.2, 0) is 14.6 Å². The predicted octanol–water partition coefficient (Wildman–Crippen LogP) is 1.83. The lowest BCUT2D eigenvalue weighted by molar-refractivity contribution is -0.134. The number of carbonyl (C=O) groups is 1. The van der Waals surface area contributed by atoms with Crippen LogP contribution in [0.1, 0.15) is 53.9 Å². The molecule has 5 nitrogen and oxygen atoms in total. The largest absolute Gasteiger partial charge is 0.343 e. The van der Waals surface area contributed by atoms with Gasteiger partial charge in [-0.15, -0.1) is 0 Å². The van der Waals surface area contributed by atoms with Crippen LogP contribution in [0.2, 0.25) is 0 Å². The standard InChI is InChI=1S/C16H32N2O3S/c1-15(2,3)11-14(19)18-9-7-13(8-10-18)17-12-16(4,5)22(6,20)21/h13,17H,7-12H2,1-6H3. The van der Waals surface area contributed by atoms with Crippen molar-refractivity contribution >= 4 is 15.7 Å². The maximum Gasteiger partial charge on any atom is 0.223 e. The van der Waals surface area contributed by atoms with Gasteiger partial charge in [0.1, 0.15) is 0 Å². The van der Waals surface area contributed by atoms with E-state index in [0.29, 0.717) is 19.0 Å². The molecule has 1 fully saturated rings. The lowest BCUT2D eigenvalue weighted by atomic mass is 9.91. The quantitative estimate of drug-likeness (QED) is 0.834. The number of nitrogens with one attached hydrogen (secondary N) is 1. The molecule has 0 unspecified atom stereocenters. The number of carbonyl (C=O) groups excluding carboxylic acids is 1. The van der Waals surface area contributed by atoms with Crippen LogP contribution >= 0.6 is 0 Å². The number of sulfone groups is 1. The first-order valence-corrected chi connectivity index (χ1v) is 9.92. The predicted molar refractivity (Wildman–Crippen MR) is 90.6 cm³/mol. The van der Waals surface area contributed by atoms with Crippen LogP contribution in [0.4, 0.5) is 0 Å². The molecule has 0 spiro atoms. The summed E-state index contributed by atoms with van der Waals surface area (Å²) in [7, 11) is -3.07. The third-order valence-corrected chi connectivity index (χ3v) is 6.50. The third-order valence-electron chi connectivity index (χ3n) is 4.35. The summed E-state index contributed by atoms with van der Waals surface area (Å²) < 4.78 is 22.7. The fraction of sp³-hybridized carbons (Fsp3) is 0.938. The van der Waals surface area contributed by atoms with Crippen molar-refractivity contribution in [2.45, 2.75) is 64.7 Å². The third kappa shape index (κ3) is 5.88. The van der Waals surface area contributed by atoms with Crippen molar-refractivity contribution in [2.24, 2.45) is 5.41 Å². The van der Waals surface area contributed by atoms with E-state index in [9.17, 15) is 13.2 Å². The van der Waals surface area contributed by atoms with E-state index in [2.05, 4.69) is 26.1 Å². The van der Waals surface area contributed by atoms with E-state index in [0.717, 1.165) is 25.9 Å². The van der Waals surface area contributed by atoms with E-state index in [4.69, 9.17) is 0 Å². The molecule has 1 saturated heterocycles. The molecule has 1 N–H and O–H groups in total. The SMILES string of the molecule is CC(C)(C)CC(=O)N1CCC(NCC(C)(C)S(C)(=O)=O)CC1. The number of hydrogen-bond acceptors (Lipinski definition) is 4.